The minimum atomic E-state index is 0.247. The minimum Gasteiger partial charge on any atom is -0.396 e. The molecule has 0 spiro atoms. The number of thioether (sulfide) groups is 1. The van der Waals surface area contributed by atoms with Gasteiger partial charge < -0.3 is 9.67 Å². The van der Waals surface area contributed by atoms with E-state index in [1.807, 2.05) is 0 Å². The molecule has 100 valence electrons. The van der Waals surface area contributed by atoms with Crippen LogP contribution in [-0.2, 0) is 13.0 Å². The predicted molar refractivity (Wildman–Crippen MR) is 75.0 cm³/mol. The summed E-state index contributed by atoms with van der Waals surface area (Å²) < 4.78 is 2.28. The van der Waals surface area contributed by atoms with Crippen molar-refractivity contribution >= 4 is 11.8 Å². The molecule has 1 aromatic heterocycles. The van der Waals surface area contributed by atoms with Crippen molar-refractivity contribution in [1.29, 1.82) is 0 Å². The number of imidazole rings is 1. The van der Waals surface area contributed by atoms with Crippen molar-refractivity contribution in [2.45, 2.75) is 44.6 Å². The van der Waals surface area contributed by atoms with Crippen LogP contribution in [0, 0.1) is 5.92 Å². The number of aliphatic hydroxyl groups excluding tert-OH is 1. The number of aliphatic hydroxyl groups is 1. The first-order valence-electron chi connectivity index (χ1n) is 7.11. The maximum Gasteiger partial charge on any atom is 0.114 e. The Kier molecular flexibility index (Phi) is 3.94. The van der Waals surface area contributed by atoms with E-state index in [0.29, 0.717) is 0 Å². The Morgan fingerprint density at radius 1 is 1.33 bits per heavy atom. The molecule has 3 rings (SSSR count). The lowest BCUT2D eigenvalue weighted by Crippen LogP contribution is -2.18. The average Bonchev–Trinajstić information content (AvgIpc) is 2.82. The molecule has 1 saturated heterocycles. The molecule has 1 unspecified atom stereocenters. The van der Waals surface area contributed by atoms with Crippen LogP contribution in [0.2, 0.25) is 0 Å². The molecule has 0 aromatic carbocycles. The van der Waals surface area contributed by atoms with Gasteiger partial charge in [0.1, 0.15) is 5.82 Å². The van der Waals surface area contributed by atoms with Crippen molar-refractivity contribution in [3.05, 3.63) is 17.7 Å². The summed E-state index contributed by atoms with van der Waals surface area (Å²) in [5.74, 6) is 4.86. The molecule has 0 aliphatic carbocycles. The number of rotatable bonds is 3. The van der Waals surface area contributed by atoms with Crippen LogP contribution >= 0.6 is 11.8 Å². The Labute approximate surface area is 113 Å². The van der Waals surface area contributed by atoms with Crippen molar-refractivity contribution in [2.24, 2.45) is 5.92 Å². The molecule has 0 saturated carbocycles. The van der Waals surface area contributed by atoms with Crippen molar-refractivity contribution in [3.63, 3.8) is 0 Å². The molecule has 1 fully saturated rings. The van der Waals surface area contributed by atoms with Gasteiger partial charge in [0.05, 0.1) is 12.3 Å². The summed E-state index contributed by atoms with van der Waals surface area (Å²) in [4.78, 5) is 4.79. The van der Waals surface area contributed by atoms with Crippen molar-refractivity contribution in [3.8, 4) is 0 Å². The number of nitrogens with zero attached hydrogens (tertiary/aromatic N) is 2. The third-order valence-corrected chi connectivity index (χ3v) is 5.28. The van der Waals surface area contributed by atoms with Gasteiger partial charge in [-0.1, -0.05) is 0 Å². The molecule has 1 aromatic rings. The zero-order chi connectivity index (χ0) is 12.4. The zero-order valence-electron chi connectivity index (χ0n) is 10.8. The number of hydrogen-bond donors (Lipinski definition) is 1. The van der Waals surface area contributed by atoms with Crippen LogP contribution in [0.5, 0.6) is 0 Å². The van der Waals surface area contributed by atoms with Gasteiger partial charge in [0.25, 0.3) is 0 Å². The summed E-state index contributed by atoms with van der Waals surface area (Å²) >= 11 is 2.08. The average molecular weight is 266 g/mol. The van der Waals surface area contributed by atoms with Crippen LogP contribution in [0.4, 0.5) is 0 Å². The first-order valence-corrected chi connectivity index (χ1v) is 8.27. The van der Waals surface area contributed by atoms with Gasteiger partial charge in [0.15, 0.2) is 0 Å². The second kappa shape index (κ2) is 5.66. The van der Waals surface area contributed by atoms with Gasteiger partial charge in [-0.15, -0.1) is 0 Å². The Morgan fingerprint density at radius 2 is 2.17 bits per heavy atom. The first-order chi connectivity index (χ1) is 8.86. The van der Waals surface area contributed by atoms with Crippen LogP contribution in [0.3, 0.4) is 0 Å². The SMILES string of the molecule is OCC1CCCn2cc(CC3CCSCC3)nc21. The van der Waals surface area contributed by atoms with E-state index in [4.69, 9.17) is 4.98 Å². The third-order valence-electron chi connectivity index (χ3n) is 4.23. The number of aryl methyl sites for hydroxylation is 1. The summed E-state index contributed by atoms with van der Waals surface area (Å²) in [5, 5.41) is 9.41. The van der Waals surface area contributed by atoms with Crippen LogP contribution < -0.4 is 0 Å². The van der Waals surface area contributed by atoms with Gasteiger partial charge in [-0.2, -0.15) is 11.8 Å². The Bertz CT molecular complexity index is 398. The van der Waals surface area contributed by atoms with Crippen LogP contribution in [0.1, 0.15) is 43.1 Å². The Balaban J connectivity index is 1.71. The summed E-state index contributed by atoms with van der Waals surface area (Å²) in [5.41, 5.74) is 1.25. The molecular formula is C14H22N2OS. The highest BCUT2D eigenvalue weighted by Crippen LogP contribution is 2.29. The number of aromatic nitrogens is 2. The number of fused-ring (bicyclic) bond motifs is 1. The molecule has 2 aliphatic heterocycles. The largest absolute Gasteiger partial charge is 0.396 e. The lowest BCUT2D eigenvalue weighted by atomic mass is 9.97. The minimum absolute atomic E-state index is 0.247. The summed E-state index contributed by atoms with van der Waals surface area (Å²) in [6, 6.07) is 0. The van der Waals surface area contributed by atoms with Crippen molar-refractivity contribution < 1.29 is 5.11 Å². The standard InChI is InChI=1S/C14H22N2OS/c17-10-12-2-1-5-16-9-13(15-14(12)16)8-11-3-6-18-7-4-11/h9,11-12,17H,1-8,10H2. The summed E-state index contributed by atoms with van der Waals surface area (Å²) in [6.45, 7) is 1.33. The van der Waals surface area contributed by atoms with E-state index in [-0.39, 0.29) is 12.5 Å². The van der Waals surface area contributed by atoms with E-state index in [0.717, 1.165) is 31.1 Å². The fraction of sp³-hybridized carbons (Fsp3) is 0.786. The second-order valence-electron chi connectivity index (χ2n) is 5.57. The van der Waals surface area contributed by atoms with E-state index in [2.05, 4.69) is 22.5 Å². The highest BCUT2D eigenvalue weighted by molar-refractivity contribution is 7.99. The van der Waals surface area contributed by atoms with Gasteiger partial charge in [-0.3, -0.25) is 0 Å². The molecule has 4 heteroatoms. The zero-order valence-corrected chi connectivity index (χ0v) is 11.7. The lowest BCUT2D eigenvalue weighted by molar-refractivity contribution is 0.238. The quantitative estimate of drug-likeness (QED) is 0.913. The third kappa shape index (κ3) is 2.59. The molecule has 1 atom stereocenters. The van der Waals surface area contributed by atoms with Crippen LogP contribution in [-0.4, -0.2) is 32.8 Å². The maximum absolute atomic E-state index is 9.41. The van der Waals surface area contributed by atoms with Gasteiger partial charge in [0, 0.05) is 18.7 Å². The van der Waals surface area contributed by atoms with E-state index in [9.17, 15) is 5.11 Å². The lowest BCUT2D eigenvalue weighted by Gasteiger charge is -2.21. The monoisotopic (exact) mass is 266 g/mol. The topological polar surface area (TPSA) is 38.0 Å². The molecule has 0 amide bonds. The van der Waals surface area contributed by atoms with Crippen LogP contribution in [0.25, 0.3) is 0 Å². The van der Waals surface area contributed by atoms with E-state index < -0.39 is 0 Å². The second-order valence-corrected chi connectivity index (χ2v) is 6.79. The van der Waals surface area contributed by atoms with E-state index in [1.54, 1.807) is 0 Å². The molecule has 0 bridgehead atoms. The fourth-order valence-electron chi connectivity index (χ4n) is 3.15. The van der Waals surface area contributed by atoms with Crippen LogP contribution in [0.15, 0.2) is 6.20 Å². The smallest absolute Gasteiger partial charge is 0.114 e. The van der Waals surface area contributed by atoms with Gasteiger partial charge in [-0.25, -0.2) is 4.98 Å². The summed E-state index contributed by atoms with van der Waals surface area (Å²) in [7, 11) is 0. The summed E-state index contributed by atoms with van der Waals surface area (Å²) in [6.07, 6.45) is 8.32. The molecule has 3 nitrogen and oxygen atoms in total. The molecule has 0 radical (unpaired) electrons. The Hall–Kier alpha value is -0.480. The predicted octanol–water partition coefficient (Wildman–Crippen LogP) is 2.44. The number of hydrogen-bond acceptors (Lipinski definition) is 3. The van der Waals surface area contributed by atoms with Crippen molar-refractivity contribution in [1.82, 2.24) is 9.55 Å². The fourth-order valence-corrected chi connectivity index (χ4v) is 4.35. The van der Waals surface area contributed by atoms with Gasteiger partial charge in [-0.05, 0) is 49.5 Å². The van der Waals surface area contributed by atoms with Gasteiger partial charge >= 0.3 is 0 Å². The molecular weight excluding hydrogens is 244 g/mol. The highest BCUT2D eigenvalue weighted by Gasteiger charge is 2.23. The normalized spacial score (nSPS) is 25.1. The van der Waals surface area contributed by atoms with E-state index in [1.165, 1.54) is 36.5 Å². The molecule has 3 heterocycles. The van der Waals surface area contributed by atoms with E-state index >= 15 is 0 Å². The molecule has 2 aliphatic rings. The molecule has 1 N–H and O–H groups in total. The Morgan fingerprint density at radius 3 is 2.94 bits per heavy atom. The highest BCUT2D eigenvalue weighted by atomic mass is 32.2. The maximum atomic E-state index is 9.41. The first kappa shape index (κ1) is 12.5. The van der Waals surface area contributed by atoms with Crippen molar-refractivity contribution in [2.75, 3.05) is 18.1 Å². The van der Waals surface area contributed by atoms with Gasteiger partial charge in [0.2, 0.25) is 0 Å². The molecule has 18 heavy (non-hydrogen) atoms.